The van der Waals surface area contributed by atoms with Gasteiger partial charge < -0.3 is 29.7 Å². The first kappa shape index (κ1) is 32.7. The van der Waals surface area contributed by atoms with Crippen LogP contribution in [0.25, 0.3) is 0 Å². The number of likely N-dealkylation sites (tertiary alicyclic amines) is 1. The highest BCUT2D eigenvalue weighted by atomic mass is 16.5. The third kappa shape index (κ3) is 6.36. The summed E-state index contributed by atoms with van der Waals surface area (Å²) in [7, 11) is 0. The van der Waals surface area contributed by atoms with E-state index in [9.17, 15) is 24.3 Å². The van der Waals surface area contributed by atoms with Gasteiger partial charge in [0.15, 0.2) is 0 Å². The van der Waals surface area contributed by atoms with Crippen LogP contribution in [0.15, 0.2) is 85.0 Å². The summed E-state index contributed by atoms with van der Waals surface area (Å²) >= 11 is 0. The van der Waals surface area contributed by atoms with E-state index >= 15 is 0 Å². The quantitative estimate of drug-likeness (QED) is 0.335. The molecule has 3 amide bonds. The summed E-state index contributed by atoms with van der Waals surface area (Å²) < 4.78 is 12.4. The van der Waals surface area contributed by atoms with Crippen molar-refractivity contribution < 1.29 is 33.8 Å². The van der Waals surface area contributed by atoms with Crippen LogP contribution >= 0.6 is 0 Å². The number of aliphatic hydroxyl groups excluding tert-OH is 1. The maximum absolute atomic E-state index is 14.8. The number of carbonyl (C=O) groups excluding carboxylic acids is 4. The fourth-order valence-electron chi connectivity index (χ4n) is 7.50. The zero-order valence-electron chi connectivity index (χ0n) is 26.7. The first-order chi connectivity index (χ1) is 22.9. The smallest absolute Gasteiger partial charge is 0.306 e. The highest BCUT2D eigenvalue weighted by Crippen LogP contribution is 2.53. The molecule has 4 aliphatic heterocycles. The number of ether oxygens (including phenoxy) is 2. The van der Waals surface area contributed by atoms with Crippen LogP contribution in [0.3, 0.4) is 0 Å². The van der Waals surface area contributed by atoms with Crippen molar-refractivity contribution in [3.05, 3.63) is 96.1 Å². The Morgan fingerprint density at radius 2 is 1.74 bits per heavy atom. The van der Waals surface area contributed by atoms with E-state index in [1.165, 1.54) is 4.90 Å². The van der Waals surface area contributed by atoms with Crippen LogP contribution in [0.4, 0.5) is 0 Å². The number of hydrogen-bond donors (Lipinski definition) is 2. The predicted molar refractivity (Wildman–Crippen MR) is 174 cm³/mol. The SMILES string of the molecule is CCCCN1CC=C[C@]23O[C@@H]4/C=C\CCC(=O)OC[C@@H](c5ccccc5)NC(=O)[C@@H]4[C@H]2C(=O)N([C@@H](CO)Cc2ccccc2)[C@@H]3C1=O. The first-order valence-corrected chi connectivity index (χ1v) is 16.7. The number of aliphatic hydroxyl groups is 1. The molecule has 7 atom stereocenters. The van der Waals surface area contributed by atoms with E-state index in [2.05, 4.69) is 12.2 Å². The molecular formula is C37H43N3O7. The fourth-order valence-corrected chi connectivity index (χ4v) is 7.50. The van der Waals surface area contributed by atoms with Gasteiger partial charge in [-0.05, 0) is 30.4 Å². The van der Waals surface area contributed by atoms with Gasteiger partial charge in [0, 0.05) is 19.5 Å². The molecule has 4 aliphatic rings. The van der Waals surface area contributed by atoms with Crippen molar-refractivity contribution >= 4 is 23.7 Å². The standard InChI is InChI=1S/C37H43N3O7/c1-2-3-20-39-21-12-19-37-32(35(44)40(33(37)36(39)45)27(23-41)22-25-13-6-4-7-14-25)31-29(47-37)17-10-11-18-30(42)46-24-28(38-34(31)43)26-15-8-5-9-16-26/h4-10,12-17,19,27-29,31-33,41H,2-3,11,18,20-24H2,1H3,(H,38,43)/b17-10-/t27-,28+,29-,31+,32+,33-,37+/m1/s1. The van der Waals surface area contributed by atoms with Gasteiger partial charge in [-0.3, -0.25) is 19.2 Å². The fraction of sp³-hybridized carbons (Fsp3) is 0.459. The molecule has 2 fully saturated rings. The van der Waals surface area contributed by atoms with Gasteiger partial charge in [-0.2, -0.15) is 0 Å². The Kier molecular flexibility index (Phi) is 9.89. The zero-order chi connectivity index (χ0) is 33.0. The average Bonchev–Trinajstić information content (AvgIpc) is 3.48. The molecule has 2 aromatic carbocycles. The van der Waals surface area contributed by atoms with E-state index in [-0.39, 0.29) is 31.5 Å². The molecule has 0 saturated carbocycles. The number of unbranched alkanes of at least 4 members (excludes halogenated alkanes) is 1. The van der Waals surface area contributed by atoms with Crippen LogP contribution in [0.5, 0.6) is 0 Å². The number of benzene rings is 2. The lowest BCUT2D eigenvalue weighted by Crippen LogP contribution is -2.58. The number of allylic oxidation sites excluding steroid dienone is 1. The van der Waals surface area contributed by atoms with Crippen molar-refractivity contribution in [3.63, 3.8) is 0 Å². The number of nitrogens with zero attached hydrogens (tertiary/aromatic N) is 2. The summed E-state index contributed by atoms with van der Waals surface area (Å²) in [5.41, 5.74) is 0.226. The van der Waals surface area contributed by atoms with Crippen molar-refractivity contribution in [2.75, 3.05) is 26.3 Å². The molecule has 47 heavy (non-hydrogen) atoms. The van der Waals surface area contributed by atoms with E-state index in [0.717, 1.165) is 24.0 Å². The van der Waals surface area contributed by atoms with E-state index in [0.29, 0.717) is 25.9 Å². The normalized spacial score (nSPS) is 30.6. The number of nitrogens with one attached hydrogen (secondary N) is 1. The number of carbonyl (C=O) groups is 4. The van der Waals surface area contributed by atoms with Gasteiger partial charge in [0.1, 0.15) is 18.2 Å². The van der Waals surface area contributed by atoms with Crippen molar-refractivity contribution in [1.82, 2.24) is 15.1 Å². The lowest BCUT2D eigenvalue weighted by atomic mass is 9.77. The topological polar surface area (TPSA) is 125 Å². The Hall–Kier alpha value is -4.28. The van der Waals surface area contributed by atoms with E-state index < -0.39 is 53.5 Å². The van der Waals surface area contributed by atoms with E-state index in [1.807, 2.05) is 72.8 Å². The Morgan fingerprint density at radius 1 is 1.00 bits per heavy atom. The number of cyclic esters (lactones) is 1. The second kappa shape index (κ2) is 14.2. The summed E-state index contributed by atoms with van der Waals surface area (Å²) in [6.07, 6.45) is 8.90. The van der Waals surface area contributed by atoms with Crippen LogP contribution in [0, 0.1) is 11.8 Å². The molecule has 10 nitrogen and oxygen atoms in total. The molecule has 0 unspecified atom stereocenters. The molecule has 6 rings (SSSR count). The van der Waals surface area contributed by atoms with Gasteiger partial charge in [-0.15, -0.1) is 0 Å². The molecule has 10 heteroatoms. The molecule has 0 aliphatic carbocycles. The van der Waals surface area contributed by atoms with Crippen molar-refractivity contribution in [2.45, 2.75) is 68.9 Å². The zero-order valence-corrected chi connectivity index (χ0v) is 26.7. The summed E-state index contributed by atoms with van der Waals surface area (Å²) in [5, 5.41) is 13.8. The second-order valence-corrected chi connectivity index (χ2v) is 12.8. The largest absolute Gasteiger partial charge is 0.463 e. The monoisotopic (exact) mass is 641 g/mol. The van der Waals surface area contributed by atoms with Crippen LogP contribution in [0.1, 0.15) is 49.8 Å². The maximum Gasteiger partial charge on any atom is 0.306 e. The molecule has 2 aromatic rings. The number of fused-ring (bicyclic) bond motifs is 2. The van der Waals surface area contributed by atoms with Gasteiger partial charge in [0.25, 0.3) is 0 Å². The van der Waals surface area contributed by atoms with Gasteiger partial charge in [0.05, 0.1) is 36.6 Å². The number of hydrogen-bond acceptors (Lipinski definition) is 7. The first-order valence-electron chi connectivity index (χ1n) is 16.7. The Morgan fingerprint density at radius 3 is 2.47 bits per heavy atom. The van der Waals surface area contributed by atoms with Gasteiger partial charge in [0.2, 0.25) is 17.7 Å². The minimum atomic E-state index is -1.44. The minimum Gasteiger partial charge on any atom is -0.463 e. The lowest BCUT2D eigenvalue weighted by molar-refractivity contribution is -0.151. The summed E-state index contributed by atoms with van der Waals surface area (Å²) in [6.45, 7) is 2.49. The summed E-state index contributed by atoms with van der Waals surface area (Å²) in [6, 6.07) is 16.3. The molecule has 2 saturated heterocycles. The Labute approximate surface area is 275 Å². The van der Waals surface area contributed by atoms with Crippen molar-refractivity contribution in [1.29, 1.82) is 0 Å². The third-order valence-electron chi connectivity index (χ3n) is 9.79. The molecular weight excluding hydrogens is 598 g/mol. The van der Waals surface area contributed by atoms with Crippen LogP contribution < -0.4 is 5.32 Å². The van der Waals surface area contributed by atoms with Crippen LogP contribution in [0.2, 0.25) is 0 Å². The molecule has 0 aromatic heterocycles. The van der Waals surface area contributed by atoms with E-state index in [4.69, 9.17) is 9.47 Å². The number of rotatable bonds is 8. The van der Waals surface area contributed by atoms with Gasteiger partial charge in [-0.1, -0.05) is 98.3 Å². The second-order valence-electron chi connectivity index (χ2n) is 12.8. The number of amides is 3. The predicted octanol–water partition coefficient (Wildman–Crippen LogP) is 3.12. The molecule has 2 N–H and O–H groups in total. The lowest BCUT2D eigenvalue weighted by Gasteiger charge is -2.38. The van der Waals surface area contributed by atoms with Crippen molar-refractivity contribution in [3.8, 4) is 0 Å². The minimum absolute atomic E-state index is 0.0660. The van der Waals surface area contributed by atoms with Crippen LogP contribution in [-0.4, -0.2) is 88.7 Å². The molecule has 0 bridgehead atoms. The van der Waals surface area contributed by atoms with Crippen molar-refractivity contribution in [2.24, 2.45) is 11.8 Å². The van der Waals surface area contributed by atoms with Gasteiger partial charge >= 0.3 is 5.97 Å². The molecule has 1 spiro atoms. The molecule has 0 radical (unpaired) electrons. The third-order valence-corrected chi connectivity index (χ3v) is 9.79. The van der Waals surface area contributed by atoms with E-state index in [1.54, 1.807) is 17.1 Å². The van der Waals surface area contributed by atoms with Crippen LogP contribution in [-0.2, 0) is 35.1 Å². The molecule has 4 heterocycles. The maximum atomic E-state index is 14.8. The highest BCUT2D eigenvalue weighted by Gasteiger charge is 2.72. The number of esters is 1. The summed E-state index contributed by atoms with van der Waals surface area (Å²) in [5.74, 6) is -3.48. The average molecular weight is 642 g/mol. The highest BCUT2D eigenvalue weighted by molar-refractivity contribution is 6.00. The molecule has 248 valence electrons. The Bertz CT molecular complexity index is 1510. The Balaban J connectivity index is 1.43. The van der Waals surface area contributed by atoms with Gasteiger partial charge in [-0.25, -0.2) is 0 Å². The summed E-state index contributed by atoms with van der Waals surface area (Å²) in [4.78, 5) is 59.6.